The molecule has 186 valence electrons. The first kappa shape index (κ1) is 29.3. The van der Waals surface area contributed by atoms with E-state index in [9.17, 15) is 33.6 Å². The Balaban J connectivity index is 5.62. The van der Waals surface area contributed by atoms with Crippen molar-refractivity contribution in [2.75, 3.05) is 13.6 Å². The number of carboxylic acids is 3. The molecule has 0 spiro atoms. The van der Waals surface area contributed by atoms with Crippen molar-refractivity contribution in [1.29, 1.82) is 0 Å². The molecule has 0 heterocycles. The Bertz CT molecular complexity index is 754. The van der Waals surface area contributed by atoms with Gasteiger partial charge in [0.1, 0.15) is 18.1 Å². The maximum Gasteiger partial charge on any atom is 0.305 e. The van der Waals surface area contributed by atoms with Crippen LogP contribution in [0.15, 0.2) is 0 Å². The second-order valence-corrected chi connectivity index (χ2v) is 7.28. The topological polar surface area (TPSA) is 220 Å². The van der Waals surface area contributed by atoms with Crippen molar-refractivity contribution in [3.63, 3.8) is 0 Å². The van der Waals surface area contributed by atoms with Crippen molar-refractivity contribution >= 4 is 41.5 Å². The summed E-state index contributed by atoms with van der Waals surface area (Å²) in [7, 11) is 1.42. The number of amides is 4. The number of unbranched alkanes of at least 4 members (excludes halogenated alkanes) is 1. The lowest BCUT2D eigenvalue weighted by Crippen LogP contribution is -2.57. The molecule has 0 radical (unpaired) electrons. The van der Waals surface area contributed by atoms with Crippen LogP contribution in [0.2, 0.25) is 0 Å². The van der Waals surface area contributed by atoms with Gasteiger partial charge in [-0.3, -0.25) is 33.6 Å². The highest BCUT2D eigenvalue weighted by atomic mass is 16.4. The summed E-state index contributed by atoms with van der Waals surface area (Å²) in [5.41, 5.74) is 0. The first-order valence-corrected chi connectivity index (χ1v) is 10.1. The van der Waals surface area contributed by atoms with Gasteiger partial charge in [0.05, 0.1) is 19.3 Å². The Morgan fingerprint density at radius 1 is 0.727 bits per heavy atom. The number of aliphatic carboxylic acids is 3. The summed E-state index contributed by atoms with van der Waals surface area (Å²) in [5, 5.41) is 33.3. The molecule has 0 saturated heterocycles. The smallest absolute Gasteiger partial charge is 0.305 e. The van der Waals surface area contributed by atoms with Crippen LogP contribution in [0.1, 0.15) is 46.0 Å². The molecule has 0 saturated carbocycles. The minimum absolute atomic E-state index is 0.296. The summed E-state index contributed by atoms with van der Waals surface area (Å²) < 4.78 is 0. The fraction of sp³-hybridized carbons (Fsp3) is 0.632. The molecule has 3 unspecified atom stereocenters. The summed E-state index contributed by atoms with van der Waals surface area (Å²) in [5.74, 6) is -8.11. The predicted octanol–water partition coefficient (Wildman–Crippen LogP) is -1.86. The molecule has 6 N–H and O–H groups in total. The quantitative estimate of drug-likeness (QED) is 0.155. The van der Waals surface area contributed by atoms with E-state index in [1.54, 1.807) is 0 Å². The lowest BCUT2D eigenvalue weighted by Gasteiger charge is -2.26. The number of carbonyl (C=O) groups is 7. The highest BCUT2D eigenvalue weighted by Crippen LogP contribution is 2.04. The van der Waals surface area contributed by atoms with Crippen molar-refractivity contribution in [1.82, 2.24) is 20.9 Å². The van der Waals surface area contributed by atoms with Gasteiger partial charge in [0.25, 0.3) is 0 Å². The van der Waals surface area contributed by atoms with E-state index in [4.69, 9.17) is 15.3 Å². The van der Waals surface area contributed by atoms with Gasteiger partial charge in [-0.1, -0.05) is 13.3 Å². The molecule has 33 heavy (non-hydrogen) atoms. The van der Waals surface area contributed by atoms with Gasteiger partial charge in [0, 0.05) is 20.5 Å². The number of hydrogen-bond acceptors (Lipinski definition) is 7. The van der Waals surface area contributed by atoms with E-state index < -0.39 is 78.9 Å². The SMILES string of the molecule is CCCCN(C)C(=O)C(CC(=O)O)NC(=O)C(CC(=O)O)NC(=O)C(CC(=O)O)NC(C)=O. The van der Waals surface area contributed by atoms with E-state index in [-0.39, 0.29) is 0 Å². The van der Waals surface area contributed by atoms with E-state index in [2.05, 4.69) is 10.6 Å². The molecule has 14 heteroatoms. The normalized spacial score (nSPS) is 13.1. The van der Waals surface area contributed by atoms with E-state index in [1.165, 1.54) is 11.9 Å². The Morgan fingerprint density at radius 3 is 1.52 bits per heavy atom. The lowest BCUT2D eigenvalue weighted by atomic mass is 10.1. The summed E-state index contributed by atoms with van der Waals surface area (Å²) in [4.78, 5) is 83.4. The van der Waals surface area contributed by atoms with Gasteiger partial charge in [0.15, 0.2) is 0 Å². The second kappa shape index (κ2) is 14.4. The first-order chi connectivity index (χ1) is 15.3. The minimum Gasteiger partial charge on any atom is -0.481 e. The minimum atomic E-state index is -1.77. The Morgan fingerprint density at radius 2 is 1.12 bits per heavy atom. The molecule has 0 rings (SSSR count). The maximum atomic E-state index is 12.7. The van der Waals surface area contributed by atoms with Crippen molar-refractivity contribution in [2.24, 2.45) is 0 Å². The van der Waals surface area contributed by atoms with Crippen molar-refractivity contribution in [3.05, 3.63) is 0 Å². The van der Waals surface area contributed by atoms with E-state index in [0.717, 1.165) is 13.3 Å². The molecular weight excluding hydrogens is 444 g/mol. The third-order valence-corrected chi connectivity index (χ3v) is 4.30. The number of rotatable bonds is 15. The standard InChI is InChI=1S/C19H30N4O10/c1-4-5-6-23(3)19(33)13(9-16(29)30)22-18(32)12(8-15(27)28)21-17(31)11(7-14(25)26)20-10(2)24/h11-13H,4-9H2,1-3H3,(H,20,24)(H,21,31)(H,22,32)(H,25,26)(H,27,28)(H,29,30). The fourth-order valence-electron chi connectivity index (χ4n) is 2.70. The summed E-state index contributed by atoms with van der Waals surface area (Å²) >= 11 is 0. The van der Waals surface area contributed by atoms with Gasteiger partial charge in [0.2, 0.25) is 23.6 Å². The molecular formula is C19H30N4O10. The highest BCUT2D eigenvalue weighted by molar-refractivity contribution is 5.97. The third kappa shape index (κ3) is 12.0. The van der Waals surface area contributed by atoms with Crippen LogP contribution in [0, 0.1) is 0 Å². The Kier molecular flexibility index (Phi) is 12.8. The first-order valence-electron chi connectivity index (χ1n) is 10.1. The van der Waals surface area contributed by atoms with Crippen LogP contribution in [0.4, 0.5) is 0 Å². The van der Waals surface area contributed by atoms with Crippen LogP contribution >= 0.6 is 0 Å². The molecule has 0 bridgehead atoms. The number of hydrogen-bond donors (Lipinski definition) is 6. The van der Waals surface area contributed by atoms with Crippen molar-refractivity contribution in [2.45, 2.75) is 64.1 Å². The fourth-order valence-corrected chi connectivity index (χ4v) is 2.70. The largest absolute Gasteiger partial charge is 0.481 e. The third-order valence-electron chi connectivity index (χ3n) is 4.30. The molecule has 0 aliphatic heterocycles. The molecule has 0 fully saturated rings. The summed E-state index contributed by atoms with van der Waals surface area (Å²) in [6, 6.07) is -4.90. The van der Waals surface area contributed by atoms with E-state index in [0.29, 0.717) is 13.0 Å². The molecule has 4 amide bonds. The zero-order chi connectivity index (χ0) is 25.7. The molecule has 0 aromatic rings. The second-order valence-electron chi connectivity index (χ2n) is 7.28. The number of nitrogens with zero attached hydrogens (tertiary/aromatic N) is 1. The summed E-state index contributed by atoms with van der Waals surface area (Å²) in [6.45, 7) is 3.21. The van der Waals surface area contributed by atoms with Gasteiger partial charge in [-0.2, -0.15) is 0 Å². The lowest BCUT2D eigenvalue weighted by molar-refractivity contribution is -0.145. The zero-order valence-electron chi connectivity index (χ0n) is 18.6. The van der Waals surface area contributed by atoms with Gasteiger partial charge >= 0.3 is 17.9 Å². The van der Waals surface area contributed by atoms with Crippen LogP contribution in [0.3, 0.4) is 0 Å². The molecule has 0 aliphatic carbocycles. The van der Waals surface area contributed by atoms with Gasteiger partial charge in [-0.25, -0.2) is 0 Å². The average molecular weight is 474 g/mol. The number of carboxylic acid groups (broad SMARTS) is 3. The van der Waals surface area contributed by atoms with Crippen LogP contribution < -0.4 is 16.0 Å². The summed E-state index contributed by atoms with van der Waals surface area (Å²) in [6.07, 6.45) is -1.19. The average Bonchev–Trinajstić information content (AvgIpc) is 2.68. The van der Waals surface area contributed by atoms with Crippen molar-refractivity contribution in [3.8, 4) is 0 Å². The van der Waals surface area contributed by atoms with Crippen molar-refractivity contribution < 1.29 is 48.9 Å². The zero-order valence-corrected chi connectivity index (χ0v) is 18.6. The van der Waals surface area contributed by atoms with Gasteiger partial charge in [-0.15, -0.1) is 0 Å². The number of nitrogens with one attached hydrogen (secondary N) is 3. The maximum absolute atomic E-state index is 12.7. The van der Waals surface area contributed by atoms with Crippen LogP contribution in [-0.4, -0.2) is 93.5 Å². The molecule has 0 aromatic heterocycles. The Hall–Kier alpha value is -3.71. The molecule has 0 aliphatic rings. The van der Waals surface area contributed by atoms with Crippen LogP contribution in [-0.2, 0) is 33.6 Å². The van der Waals surface area contributed by atoms with Gasteiger partial charge in [-0.05, 0) is 6.42 Å². The molecule has 14 nitrogen and oxygen atoms in total. The monoisotopic (exact) mass is 474 g/mol. The highest BCUT2D eigenvalue weighted by Gasteiger charge is 2.33. The number of carbonyl (C=O) groups excluding carboxylic acids is 4. The number of likely N-dealkylation sites (N-methyl/N-ethyl adjacent to an activating group) is 1. The predicted molar refractivity (Wildman–Crippen MR) is 111 cm³/mol. The molecule has 3 atom stereocenters. The van der Waals surface area contributed by atoms with Crippen LogP contribution in [0.25, 0.3) is 0 Å². The molecule has 0 aromatic carbocycles. The Labute approximate surface area is 189 Å². The van der Waals surface area contributed by atoms with E-state index >= 15 is 0 Å². The van der Waals surface area contributed by atoms with Gasteiger partial charge < -0.3 is 36.2 Å². The van der Waals surface area contributed by atoms with E-state index in [1.807, 2.05) is 12.2 Å². The van der Waals surface area contributed by atoms with Crippen LogP contribution in [0.5, 0.6) is 0 Å².